The zero-order valence-electron chi connectivity index (χ0n) is 32.0. The highest BCUT2D eigenvalue weighted by molar-refractivity contribution is 7.99. The molecule has 0 bridgehead atoms. The van der Waals surface area contributed by atoms with E-state index in [2.05, 4.69) is 228 Å². The number of fused-ring (bicyclic) bond motifs is 12. The molecular formula is C55H36N2S2. The molecule has 0 saturated carbocycles. The van der Waals surface area contributed by atoms with Crippen molar-refractivity contribution in [3.05, 3.63) is 241 Å². The first-order valence-electron chi connectivity index (χ1n) is 20.1. The van der Waals surface area contributed by atoms with Gasteiger partial charge in [0.05, 0.1) is 11.1 Å². The second-order valence-corrected chi connectivity index (χ2v) is 17.4. The van der Waals surface area contributed by atoms with E-state index in [4.69, 9.17) is 0 Å². The van der Waals surface area contributed by atoms with Gasteiger partial charge in [-0.15, -0.1) is 11.3 Å². The van der Waals surface area contributed by atoms with E-state index >= 15 is 0 Å². The van der Waals surface area contributed by atoms with Gasteiger partial charge in [-0.1, -0.05) is 145 Å². The second kappa shape index (κ2) is 13.6. The van der Waals surface area contributed by atoms with Gasteiger partial charge in [0.15, 0.2) is 0 Å². The predicted octanol–water partition coefficient (Wildman–Crippen LogP) is 15.8. The molecule has 0 fully saturated rings. The number of nitrogens with zero attached hydrogens (tertiary/aromatic N) is 2. The van der Waals surface area contributed by atoms with Crippen LogP contribution in [0.25, 0.3) is 31.3 Å². The van der Waals surface area contributed by atoms with E-state index in [-0.39, 0.29) is 0 Å². The molecule has 4 heteroatoms. The monoisotopic (exact) mass is 788 g/mol. The summed E-state index contributed by atoms with van der Waals surface area (Å²) < 4.78 is 2.52. The van der Waals surface area contributed by atoms with Crippen molar-refractivity contribution in [1.82, 2.24) is 0 Å². The fourth-order valence-electron chi connectivity index (χ4n) is 9.71. The lowest BCUT2D eigenvalue weighted by Gasteiger charge is -2.40. The molecule has 0 amide bonds. The summed E-state index contributed by atoms with van der Waals surface area (Å²) in [6.45, 7) is 0. The Balaban J connectivity index is 1.08. The van der Waals surface area contributed by atoms with Crippen LogP contribution in [0.2, 0.25) is 0 Å². The summed E-state index contributed by atoms with van der Waals surface area (Å²) in [6.07, 6.45) is 0. The fourth-order valence-corrected chi connectivity index (χ4v) is 12.1. The molecule has 0 saturated heterocycles. The van der Waals surface area contributed by atoms with Gasteiger partial charge in [0, 0.05) is 58.4 Å². The van der Waals surface area contributed by atoms with Crippen LogP contribution < -0.4 is 9.80 Å². The van der Waals surface area contributed by atoms with Crippen molar-refractivity contribution < 1.29 is 0 Å². The van der Waals surface area contributed by atoms with Crippen LogP contribution in [0, 0.1) is 0 Å². The minimum absolute atomic E-state index is 0.455. The van der Waals surface area contributed by atoms with E-state index in [0.717, 1.165) is 28.4 Å². The zero-order chi connectivity index (χ0) is 38.9. The van der Waals surface area contributed by atoms with Crippen LogP contribution in [-0.4, -0.2) is 0 Å². The van der Waals surface area contributed by atoms with E-state index in [9.17, 15) is 0 Å². The van der Waals surface area contributed by atoms with Crippen molar-refractivity contribution in [3.63, 3.8) is 0 Å². The molecule has 59 heavy (non-hydrogen) atoms. The number of hydrogen-bond donors (Lipinski definition) is 0. The molecule has 0 unspecified atom stereocenters. The maximum absolute atomic E-state index is 2.50. The summed E-state index contributed by atoms with van der Waals surface area (Å²) >= 11 is 3.75. The summed E-state index contributed by atoms with van der Waals surface area (Å²) in [6, 6.07) is 80.3. The van der Waals surface area contributed by atoms with E-state index < -0.39 is 5.41 Å². The highest BCUT2D eigenvalue weighted by atomic mass is 32.2. The van der Waals surface area contributed by atoms with Gasteiger partial charge in [-0.3, -0.25) is 0 Å². The normalized spacial score (nSPS) is 13.2. The van der Waals surface area contributed by atoms with Gasteiger partial charge in [0.1, 0.15) is 0 Å². The standard InChI is InChI=1S/C55H36N2S2/c1-4-17-37(18-5-1)56(38-19-6-2-7-20-38)41-32-34-44-53(36-41)59-52-30-16-27-49(54(44)52)57(39-21-8-3-9-22-39)40-31-33-43-42-23-10-11-24-45(42)55(48(43)35-40)46-25-12-14-28-50(46)58-51-29-15-13-26-47(51)55/h1-36H. The Morgan fingerprint density at radius 3 is 1.53 bits per heavy atom. The van der Waals surface area contributed by atoms with E-state index in [1.54, 1.807) is 0 Å². The van der Waals surface area contributed by atoms with Gasteiger partial charge in [0.2, 0.25) is 0 Å². The largest absolute Gasteiger partial charge is 0.310 e. The smallest absolute Gasteiger partial charge is 0.0736 e. The number of rotatable bonds is 6. The van der Waals surface area contributed by atoms with Crippen molar-refractivity contribution in [2.75, 3.05) is 9.80 Å². The Hall–Kier alpha value is -6.85. The van der Waals surface area contributed by atoms with Crippen LogP contribution in [0.1, 0.15) is 22.3 Å². The molecule has 0 atom stereocenters. The van der Waals surface area contributed by atoms with Crippen molar-refractivity contribution in [3.8, 4) is 11.1 Å². The van der Waals surface area contributed by atoms with Gasteiger partial charge in [-0.2, -0.15) is 0 Å². The fraction of sp³-hybridized carbons (Fsp3) is 0.0182. The highest BCUT2D eigenvalue weighted by Gasteiger charge is 2.50. The third-order valence-electron chi connectivity index (χ3n) is 12.1. The van der Waals surface area contributed by atoms with Crippen LogP contribution in [-0.2, 0) is 5.41 Å². The number of benzene rings is 9. The summed E-state index contributed by atoms with van der Waals surface area (Å²) in [5.74, 6) is 0. The van der Waals surface area contributed by atoms with Crippen LogP contribution >= 0.6 is 23.1 Å². The molecule has 278 valence electrons. The summed E-state index contributed by atoms with van der Waals surface area (Å²) in [4.78, 5) is 7.45. The maximum atomic E-state index is 2.50. The average Bonchev–Trinajstić information content (AvgIpc) is 3.82. The molecule has 1 spiro atoms. The minimum atomic E-state index is -0.455. The van der Waals surface area contributed by atoms with E-state index in [1.807, 2.05) is 23.1 Å². The van der Waals surface area contributed by atoms with Gasteiger partial charge in [-0.05, 0) is 118 Å². The van der Waals surface area contributed by atoms with Crippen LogP contribution in [0.15, 0.2) is 228 Å². The molecule has 1 aliphatic heterocycles. The Morgan fingerprint density at radius 2 is 0.864 bits per heavy atom. The molecule has 2 heterocycles. The minimum Gasteiger partial charge on any atom is -0.310 e. The molecular weight excluding hydrogens is 753 g/mol. The summed E-state index contributed by atoms with van der Waals surface area (Å²) in [5.41, 5.74) is 14.3. The lowest BCUT2D eigenvalue weighted by molar-refractivity contribution is 0.722. The van der Waals surface area contributed by atoms with Crippen LogP contribution in [0.5, 0.6) is 0 Å². The average molecular weight is 789 g/mol. The lowest BCUT2D eigenvalue weighted by atomic mass is 9.67. The maximum Gasteiger partial charge on any atom is 0.0736 e. The van der Waals surface area contributed by atoms with Crippen LogP contribution in [0.4, 0.5) is 34.1 Å². The molecule has 1 aromatic heterocycles. The third-order valence-corrected chi connectivity index (χ3v) is 14.4. The first-order valence-corrected chi connectivity index (χ1v) is 21.7. The Labute approximate surface area is 352 Å². The lowest BCUT2D eigenvalue weighted by Crippen LogP contribution is -2.32. The van der Waals surface area contributed by atoms with Crippen molar-refractivity contribution in [1.29, 1.82) is 0 Å². The molecule has 1 aliphatic carbocycles. The van der Waals surface area contributed by atoms with Crippen molar-refractivity contribution in [2.24, 2.45) is 0 Å². The topological polar surface area (TPSA) is 6.48 Å². The zero-order valence-corrected chi connectivity index (χ0v) is 33.6. The molecule has 10 aromatic rings. The number of hydrogen-bond acceptors (Lipinski definition) is 4. The Kier molecular flexibility index (Phi) is 7.90. The summed E-state index contributed by atoms with van der Waals surface area (Å²) in [5, 5.41) is 2.51. The number of thiophene rings is 1. The molecule has 2 nitrogen and oxygen atoms in total. The number of anilines is 6. The Bertz CT molecular complexity index is 3120. The molecule has 0 N–H and O–H groups in total. The van der Waals surface area contributed by atoms with Gasteiger partial charge in [-0.25, -0.2) is 0 Å². The molecule has 0 radical (unpaired) electrons. The molecule has 12 rings (SSSR count). The quantitative estimate of drug-likeness (QED) is 0.166. The number of para-hydroxylation sites is 3. The third kappa shape index (κ3) is 5.20. The van der Waals surface area contributed by atoms with Crippen LogP contribution in [0.3, 0.4) is 0 Å². The van der Waals surface area contributed by atoms with Crippen molar-refractivity contribution >= 4 is 77.4 Å². The molecule has 9 aromatic carbocycles. The second-order valence-electron chi connectivity index (χ2n) is 15.2. The predicted molar refractivity (Wildman–Crippen MR) is 250 cm³/mol. The first kappa shape index (κ1) is 34.2. The highest BCUT2D eigenvalue weighted by Crippen LogP contribution is 2.63. The first-order chi connectivity index (χ1) is 29.3. The van der Waals surface area contributed by atoms with Gasteiger partial charge in [0.25, 0.3) is 0 Å². The van der Waals surface area contributed by atoms with E-state index in [1.165, 1.54) is 69.0 Å². The SMILES string of the molecule is c1ccc(N(c2ccccc2)c2ccc3c(c2)sc2cccc(N(c4ccccc4)c4ccc5c(c4)C4(c6ccccc6Sc6ccccc64)c4ccccc4-5)c23)cc1. The van der Waals surface area contributed by atoms with E-state index in [0.29, 0.717) is 0 Å². The van der Waals surface area contributed by atoms with Crippen molar-refractivity contribution in [2.45, 2.75) is 15.2 Å². The Morgan fingerprint density at radius 1 is 0.339 bits per heavy atom. The van der Waals surface area contributed by atoms with Gasteiger partial charge >= 0.3 is 0 Å². The van der Waals surface area contributed by atoms with Gasteiger partial charge < -0.3 is 9.80 Å². The molecule has 2 aliphatic rings. The summed E-state index contributed by atoms with van der Waals surface area (Å²) in [7, 11) is 0.